The largest absolute Gasteiger partial charge is 0.431 e. The van der Waals surface area contributed by atoms with Gasteiger partial charge in [-0.15, -0.1) is 0 Å². The molecular weight excluding hydrogens is 329 g/mol. The zero-order valence-corrected chi connectivity index (χ0v) is 11.2. The molecule has 94 valence electrons. The molecular formula is C11H6BrF3N2S. The Morgan fingerprint density at radius 1 is 1.17 bits per heavy atom. The van der Waals surface area contributed by atoms with E-state index in [0.29, 0.717) is 5.56 Å². The first kappa shape index (κ1) is 13.2. The molecule has 0 atom stereocenters. The van der Waals surface area contributed by atoms with Gasteiger partial charge in [0.15, 0.2) is 4.77 Å². The molecule has 0 saturated heterocycles. The number of nitrogens with one attached hydrogen (secondary N) is 1. The van der Waals surface area contributed by atoms with Gasteiger partial charge < -0.3 is 4.98 Å². The molecule has 0 saturated carbocycles. The topological polar surface area (TPSA) is 28.7 Å². The normalized spacial score (nSPS) is 11.6. The summed E-state index contributed by atoms with van der Waals surface area (Å²) >= 11 is 7.96. The molecule has 0 aliphatic carbocycles. The van der Waals surface area contributed by atoms with Gasteiger partial charge in [-0.05, 0) is 30.4 Å². The van der Waals surface area contributed by atoms with Crippen molar-refractivity contribution in [1.29, 1.82) is 0 Å². The fourth-order valence-corrected chi connectivity index (χ4v) is 1.85. The van der Waals surface area contributed by atoms with Crippen LogP contribution in [-0.2, 0) is 6.18 Å². The molecule has 0 fully saturated rings. The molecule has 1 heterocycles. The number of rotatable bonds is 1. The van der Waals surface area contributed by atoms with E-state index in [0.717, 1.165) is 10.5 Å². The minimum absolute atomic E-state index is 0.192. The van der Waals surface area contributed by atoms with Crippen LogP contribution < -0.4 is 0 Å². The molecule has 1 aromatic carbocycles. The first-order valence-corrected chi connectivity index (χ1v) is 6.01. The van der Waals surface area contributed by atoms with E-state index < -0.39 is 11.9 Å². The van der Waals surface area contributed by atoms with Crippen molar-refractivity contribution >= 4 is 28.1 Å². The van der Waals surface area contributed by atoms with Crippen molar-refractivity contribution in [2.75, 3.05) is 0 Å². The summed E-state index contributed by atoms with van der Waals surface area (Å²) in [5.41, 5.74) is -0.136. The molecule has 0 aliphatic heterocycles. The van der Waals surface area contributed by atoms with Crippen LogP contribution in [0.25, 0.3) is 11.3 Å². The highest BCUT2D eigenvalue weighted by molar-refractivity contribution is 9.10. The third kappa shape index (κ3) is 2.97. The van der Waals surface area contributed by atoms with Crippen LogP contribution in [0.2, 0.25) is 0 Å². The first-order chi connectivity index (χ1) is 8.36. The van der Waals surface area contributed by atoms with Crippen LogP contribution in [0.4, 0.5) is 13.2 Å². The van der Waals surface area contributed by atoms with Crippen molar-refractivity contribution in [2.24, 2.45) is 0 Å². The number of hydrogen-bond acceptors (Lipinski definition) is 2. The predicted octanol–water partition coefficient (Wildman–Crippen LogP) is 4.59. The summed E-state index contributed by atoms with van der Waals surface area (Å²) in [5, 5.41) is 0. The van der Waals surface area contributed by atoms with Crippen molar-refractivity contribution in [3.63, 3.8) is 0 Å². The zero-order valence-electron chi connectivity index (χ0n) is 8.75. The summed E-state index contributed by atoms with van der Waals surface area (Å²) in [6.07, 6.45) is -4.47. The van der Waals surface area contributed by atoms with Crippen LogP contribution in [0, 0.1) is 4.77 Å². The molecule has 18 heavy (non-hydrogen) atoms. The Morgan fingerprint density at radius 3 is 2.33 bits per heavy atom. The maximum atomic E-state index is 12.6. The summed E-state index contributed by atoms with van der Waals surface area (Å²) in [7, 11) is 0. The quantitative estimate of drug-likeness (QED) is 0.773. The van der Waals surface area contributed by atoms with Gasteiger partial charge >= 0.3 is 6.18 Å². The van der Waals surface area contributed by atoms with E-state index >= 15 is 0 Å². The lowest BCUT2D eigenvalue weighted by atomic mass is 10.1. The molecule has 2 rings (SSSR count). The maximum Gasteiger partial charge on any atom is 0.431 e. The first-order valence-electron chi connectivity index (χ1n) is 4.81. The molecule has 0 amide bonds. The van der Waals surface area contributed by atoms with E-state index in [9.17, 15) is 13.2 Å². The van der Waals surface area contributed by atoms with E-state index in [4.69, 9.17) is 12.2 Å². The van der Waals surface area contributed by atoms with Crippen molar-refractivity contribution in [3.05, 3.63) is 45.3 Å². The van der Waals surface area contributed by atoms with Crippen LogP contribution >= 0.6 is 28.1 Å². The van der Waals surface area contributed by atoms with Gasteiger partial charge in [0.05, 0.1) is 5.69 Å². The number of aromatic amines is 1. The number of nitrogens with zero attached hydrogens (tertiary/aromatic N) is 1. The Hall–Kier alpha value is -1.21. The van der Waals surface area contributed by atoms with Gasteiger partial charge in [-0.25, -0.2) is 4.98 Å². The van der Waals surface area contributed by atoms with E-state index in [1.165, 1.54) is 0 Å². The summed E-state index contributed by atoms with van der Waals surface area (Å²) in [6, 6.07) is 7.73. The van der Waals surface area contributed by atoms with Gasteiger partial charge in [0.2, 0.25) is 0 Å². The van der Waals surface area contributed by atoms with E-state index in [1.807, 2.05) is 4.98 Å². The van der Waals surface area contributed by atoms with Crippen molar-refractivity contribution in [3.8, 4) is 11.3 Å². The van der Waals surface area contributed by atoms with Crippen LogP contribution in [0.15, 0.2) is 34.8 Å². The fraction of sp³-hybridized carbons (Fsp3) is 0.0909. The van der Waals surface area contributed by atoms with Crippen LogP contribution in [0.5, 0.6) is 0 Å². The Morgan fingerprint density at radius 2 is 1.78 bits per heavy atom. The van der Waals surface area contributed by atoms with Gasteiger partial charge in [0, 0.05) is 10.0 Å². The summed E-state index contributed by atoms with van der Waals surface area (Å²) in [4.78, 5) is 5.93. The Labute approximate surface area is 114 Å². The maximum absolute atomic E-state index is 12.6. The van der Waals surface area contributed by atoms with Crippen LogP contribution in [0.3, 0.4) is 0 Å². The molecule has 0 radical (unpaired) electrons. The molecule has 0 bridgehead atoms. The Bertz CT molecular complexity index is 619. The summed E-state index contributed by atoms with van der Waals surface area (Å²) in [6.45, 7) is 0. The standard InChI is InChI=1S/C11H6BrF3N2S/c12-7-3-1-6(2-4-7)8-5-9(11(13,14)15)17-10(18)16-8/h1-5H,(H,16,17,18). The number of halogens is 4. The zero-order chi connectivity index (χ0) is 13.3. The lowest BCUT2D eigenvalue weighted by Gasteiger charge is -2.08. The molecule has 2 aromatic rings. The second-order valence-corrected chi connectivity index (χ2v) is 4.79. The SMILES string of the molecule is FC(F)(F)c1cc(-c2ccc(Br)cc2)nc(=S)[nH]1. The lowest BCUT2D eigenvalue weighted by Crippen LogP contribution is -2.09. The van der Waals surface area contributed by atoms with E-state index in [1.54, 1.807) is 24.3 Å². The third-order valence-electron chi connectivity index (χ3n) is 2.19. The average molecular weight is 335 g/mol. The van der Waals surface area contributed by atoms with E-state index in [-0.39, 0.29) is 10.5 Å². The van der Waals surface area contributed by atoms with Crippen LogP contribution in [-0.4, -0.2) is 9.97 Å². The van der Waals surface area contributed by atoms with Crippen molar-refractivity contribution in [2.45, 2.75) is 6.18 Å². The number of H-pyrrole nitrogens is 1. The van der Waals surface area contributed by atoms with Gasteiger partial charge in [-0.3, -0.25) is 0 Å². The van der Waals surface area contributed by atoms with Gasteiger partial charge in [-0.1, -0.05) is 28.1 Å². The second-order valence-electron chi connectivity index (χ2n) is 3.49. The van der Waals surface area contributed by atoms with Crippen molar-refractivity contribution in [1.82, 2.24) is 9.97 Å². The number of benzene rings is 1. The number of hydrogen-bond donors (Lipinski definition) is 1. The highest BCUT2D eigenvalue weighted by Gasteiger charge is 2.32. The van der Waals surface area contributed by atoms with Gasteiger partial charge in [0.1, 0.15) is 5.69 Å². The van der Waals surface area contributed by atoms with Gasteiger partial charge in [0.25, 0.3) is 0 Å². The summed E-state index contributed by atoms with van der Waals surface area (Å²) in [5.74, 6) is 0. The minimum Gasteiger partial charge on any atom is -0.327 e. The molecule has 7 heteroatoms. The molecule has 0 unspecified atom stereocenters. The Balaban J connectivity index is 2.55. The Kier molecular flexibility index (Phi) is 3.54. The molecule has 1 N–H and O–H groups in total. The van der Waals surface area contributed by atoms with Crippen molar-refractivity contribution < 1.29 is 13.2 Å². The predicted molar refractivity (Wildman–Crippen MR) is 67.6 cm³/mol. The highest BCUT2D eigenvalue weighted by Crippen LogP contribution is 2.30. The third-order valence-corrected chi connectivity index (χ3v) is 2.91. The number of aromatic nitrogens is 2. The molecule has 2 nitrogen and oxygen atoms in total. The lowest BCUT2D eigenvalue weighted by molar-refractivity contribution is -0.141. The summed E-state index contributed by atoms with van der Waals surface area (Å²) < 4.78 is 38.5. The fourth-order valence-electron chi connectivity index (χ4n) is 1.38. The van der Waals surface area contributed by atoms with Crippen LogP contribution in [0.1, 0.15) is 5.69 Å². The molecule has 0 aliphatic rings. The highest BCUT2D eigenvalue weighted by atomic mass is 79.9. The smallest absolute Gasteiger partial charge is 0.327 e. The minimum atomic E-state index is -4.47. The molecule has 0 spiro atoms. The number of alkyl halides is 3. The monoisotopic (exact) mass is 334 g/mol. The second kappa shape index (κ2) is 4.81. The van der Waals surface area contributed by atoms with E-state index in [2.05, 4.69) is 20.9 Å². The molecule has 1 aromatic heterocycles. The average Bonchev–Trinajstić information content (AvgIpc) is 2.28. The van der Waals surface area contributed by atoms with Gasteiger partial charge in [-0.2, -0.15) is 13.2 Å².